The second-order valence-corrected chi connectivity index (χ2v) is 7.90. The summed E-state index contributed by atoms with van der Waals surface area (Å²) in [6.45, 7) is 1.88. The number of para-hydroxylation sites is 1. The van der Waals surface area contributed by atoms with E-state index >= 15 is 0 Å². The summed E-state index contributed by atoms with van der Waals surface area (Å²) in [5.41, 5.74) is -0.100. The van der Waals surface area contributed by atoms with Crippen molar-refractivity contribution in [3.05, 3.63) is 76.1 Å². The van der Waals surface area contributed by atoms with Crippen molar-refractivity contribution in [3.63, 3.8) is 0 Å². The smallest absolute Gasteiger partial charge is 0.418 e. The van der Waals surface area contributed by atoms with Gasteiger partial charge in [-0.2, -0.15) is 13.2 Å². The van der Waals surface area contributed by atoms with Crippen LogP contribution in [-0.2, 0) is 17.5 Å². The van der Waals surface area contributed by atoms with Crippen LogP contribution < -0.4 is 10.9 Å². The number of aryl methyl sites for hydroxylation is 1. The summed E-state index contributed by atoms with van der Waals surface area (Å²) in [6.07, 6.45) is -3.12. The molecule has 0 aliphatic heterocycles. The van der Waals surface area contributed by atoms with Gasteiger partial charge >= 0.3 is 6.18 Å². The number of aromatic amines is 1. The van der Waals surface area contributed by atoms with E-state index in [0.717, 1.165) is 23.5 Å². The minimum Gasteiger partial charge on any atom is -0.467 e. The first-order valence-corrected chi connectivity index (χ1v) is 10.4. The third-order valence-corrected chi connectivity index (χ3v) is 5.55. The molecule has 32 heavy (non-hydrogen) atoms. The highest BCUT2D eigenvalue weighted by Crippen LogP contribution is 2.34. The lowest BCUT2D eigenvalue weighted by atomic mass is 10.1. The van der Waals surface area contributed by atoms with E-state index in [1.165, 1.54) is 29.0 Å². The topological polar surface area (TPSA) is 92.9 Å². The highest BCUT2D eigenvalue weighted by molar-refractivity contribution is 7.99. The molecule has 0 atom stereocenters. The number of rotatable bonds is 6. The SMILES string of the molecule is Cc1cc2nc(SCC(=O)Nc3ccccc3C(F)(F)F)n(Cc3ccco3)c(=O)c2[nH]1. The number of aromatic nitrogens is 3. The first-order chi connectivity index (χ1) is 15.2. The van der Waals surface area contributed by atoms with Gasteiger partial charge < -0.3 is 14.7 Å². The third-order valence-electron chi connectivity index (χ3n) is 4.57. The second-order valence-electron chi connectivity index (χ2n) is 6.96. The number of benzene rings is 1. The Labute approximate surface area is 183 Å². The molecule has 0 fully saturated rings. The highest BCUT2D eigenvalue weighted by atomic mass is 32.2. The van der Waals surface area contributed by atoms with Crippen LogP contribution in [0.2, 0.25) is 0 Å². The van der Waals surface area contributed by atoms with Crippen molar-refractivity contribution in [2.45, 2.75) is 24.8 Å². The van der Waals surface area contributed by atoms with Crippen LogP contribution in [0.4, 0.5) is 18.9 Å². The molecule has 11 heteroatoms. The Kier molecular flexibility index (Phi) is 5.83. The lowest BCUT2D eigenvalue weighted by Crippen LogP contribution is -2.25. The van der Waals surface area contributed by atoms with E-state index in [4.69, 9.17) is 4.42 Å². The molecule has 0 aliphatic carbocycles. The first kappa shape index (κ1) is 21.8. The van der Waals surface area contributed by atoms with Crippen molar-refractivity contribution >= 4 is 34.4 Å². The van der Waals surface area contributed by atoms with Crippen LogP contribution in [0.25, 0.3) is 11.0 Å². The molecule has 2 N–H and O–H groups in total. The number of furan rings is 1. The van der Waals surface area contributed by atoms with Gasteiger partial charge in [0, 0.05) is 5.69 Å². The summed E-state index contributed by atoms with van der Waals surface area (Å²) in [6, 6.07) is 9.83. The lowest BCUT2D eigenvalue weighted by molar-refractivity contribution is -0.137. The fourth-order valence-corrected chi connectivity index (χ4v) is 3.97. The zero-order chi connectivity index (χ0) is 22.9. The number of nitrogens with one attached hydrogen (secondary N) is 2. The molecule has 4 rings (SSSR count). The van der Waals surface area contributed by atoms with E-state index in [1.807, 2.05) is 0 Å². The maximum atomic E-state index is 13.2. The van der Waals surface area contributed by atoms with Gasteiger partial charge in [0.2, 0.25) is 5.91 Å². The summed E-state index contributed by atoms with van der Waals surface area (Å²) < 4.78 is 46.2. The van der Waals surface area contributed by atoms with Crippen LogP contribution in [0.5, 0.6) is 0 Å². The standard InChI is InChI=1S/C21H17F3N4O3S/c1-12-9-16-18(25-12)19(30)28(10-13-5-4-8-31-13)20(27-16)32-11-17(29)26-15-7-3-2-6-14(15)21(22,23)24/h2-9,25H,10-11H2,1H3,(H,26,29). The number of thioether (sulfide) groups is 1. The second kappa shape index (κ2) is 8.58. The third kappa shape index (κ3) is 4.57. The molecule has 7 nitrogen and oxygen atoms in total. The fraction of sp³-hybridized carbons (Fsp3) is 0.190. The molecule has 0 radical (unpaired) electrons. The maximum absolute atomic E-state index is 13.2. The summed E-state index contributed by atoms with van der Waals surface area (Å²) in [5.74, 6) is -0.385. The van der Waals surface area contributed by atoms with Crippen LogP contribution in [0, 0.1) is 6.92 Å². The van der Waals surface area contributed by atoms with Gasteiger partial charge in [0.25, 0.3) is 5.56 Å². The molecule has 166 valence electrons. The molecular formula is C21H17F3N4O3S. The van der Waals surface area contributed by atoms with Gasteiger partial charge in [-0.1, -0.05) is 23.9 Å². The molecular weight excluding hydrogens is 445 g/mol. The summed E-state index contributed by atoms with van der Waals surface area (Å²) >= 11 is 0.951. The molecule has 3 heterocycles. The number of halogens is 3. The van der Waals surface area contributed by atoms with Gasteiger partial charge in [-0.25, -0.2) is 4.98 Å². The quantitative estimate of drug-likeness (QED) is 0.327. The zero-order valence-electron chi connectivity index (χ0n) is 16.7. The van der Waals surface area contributed by atoms with Crippen molar-refractivity contribution in [2.75, 3.05) is 11.1 Å². The van der Waals surface area contributed by atoms with Crippen LogP contribution in [-0.4, -0.2) is 26.2 Å². The van der Waals surface area contributed by atoms with Crippen LogP contribution >= 0.6 is 11.8 Å². The van der Waals surface area contributed by atoms with Gasteiger partial charge in [-0.3, -0.25) is 14.2 Å². The van der Waals surface area contributed by atoms with Crippen LogP contribution in [0.15, 0.2) is 63.1 Å². The largest absolute Gasteiger partial charge is 0.467 e. The number of anilines is 1. The van der Waals surface area contributed by atoms with E-state index in [-0.39, 0.29) is 28.7 Å². The average molecular weight is 462 g/mol. The van der Waals surface area contributed by atoms with Crippen LogP contribution in [0.1, 0.15) is 17.0 Å². The molecule has 1 amide bonds. The number of hydrogen-bond donors (Lipinski definition) is 2. The van der Waals surface area contributed by atoms with Crippen molar-refractivity contribution in [1.29, 1.82) is 0 Å². The summed E-state index contributed by atoms with van der Waals surface area (Å²) in [5, 5.41) is 2.54. The van der Waals surface area contributed by atoms with Crippen molar-refractivity contribution in [3.8, 4) is 0 Å². The zero-order valence-corrected chi connectivity index (χ0v) is 17.5. The number of amides is 1. The van der Waals surface area contributed by atoms with E-state index in [9.17, 15) is 22.8 Å². The van der Waals surface area contributed by atoms with Gasteiger partial charge in [-0.15, -0.1) is 0 Å². The molecule has 0 aliphatic rings. The predicted molar refractivity (Wildman–Crippen MR) is 114 cm³/mol. The van der Waals surface area contributed by atoms with E-state index < -0.39 is 17.6 Å². The minimum absolute atomic E-state index is 0.0910. The number of alkyl halides is 3. The Morgan fingerprint density at radius 2 is 2.03 bits per heavy atom. The number of carbonyl (C=O) groups is 1. The Hall–Kier alpha value is -3.47. The van der Waals surface area contributed by atoms with E-state index in [1.54, 1.807) is 25.1 Å². The van der Waals surface area contributed by atoms with Crippen molar-refractivity contribution in [1.82, 2.24) is 14.5 Å². The van der Waals surface area contributed by atoms with Gasteiger partial charge in [-0.05, 0) is 37.3 Å². The van der Waals surface area contributed by atoms with Gasteiger partial charge in [0.1, 0.15) is 11.3 Å². The first-order valence-electron chi connectivity index (χ1n) is 9.44. The Morgan fingerprint density at radius 3 is 2.75 bits per heavy atom. The van der Waals surface area contributed by atoms with Gasteiger partial charge in [0.05, 0.1) is 35.3 Å². The van der Waals surface area contributed by atoms with Gasteiger partial charge in [0.15, 0.2) is 5.16 Å². The van der Waals surface area contributed by atoms with Crippen molar-refractivity contribution in [2.24, 2.45) is 0 Å². The number of H-pyrrole nitrogens is 1. The van der Waals surface area contributed by atoms with Crippen LogP contribution in [0.3, 0.4) is 0 Å². The Morgan fingerprint density at radius 1 is 1.25 bits per heavy atom. The number of nitrogens with zero attached hydrogens (tertiary/aromatic N) is 2. The van der Waals surface area contributed by atoms with Crippen molar-refractivity contribution < 1.29 is 22.4 Å². The maximum Gasteiger partial charge on any atom is 0.418 e. The normalized spacial score (nSPS) is 11.8. The van der Waals surface area contributed by atoms with E-state index in [0.29, 0.717) is 16.8 Å². The molecule has 0 unspecified atom stereocenters. The number of hydrogen-bond acceptors (Lipinski definition) is 5. The number of fused-ring (bicyclic) bond motifs is 1. The number of carbonyl (C=O) groups excluding carboxylic acids is 1. The summed E-state index contributed by atoms with van der Waals surface area (Å²) in [7, 11) is 0. The molecule has 0 bridgehead atoms. The molecule has 0 saturated heterocycles. The average Bonchev–Trinajstić information content (AvgIpc) is 3.37. The Bertz CT molecular complexity index is 1330. The predicted octanol–water partition coefficient (Wildman–Crippen LogP) is 4.42. The highest BCUT2D eigenvalue weighted by Gasteiger charge is 2.33. The minimum atomic E-state index is -4.60. The molecule has 1 aromatic carbocycles. The van der Waals surface area contributed by atoms with E-state index in [2.05, 4.69) is 15.3 Å². The Balaban J connectivity index is 1.59. The molecule has 0 saturated carbocycles. The monoisotopic (exact) mass is 462 g/mol. The molecule has 3 aromatic heterocycles. The molecule has 4 aromatic rings. The lowest BCUT2D eigenvalue weighted by Gasteiger charge is -2.14. The molecule has 0 spiro atoms. The fourth-order valence-electron chi connectivity index (χ4n) is 3.17. The summed E-state index contributed by atoms with van der Waals surface area (Å²) in [4.78, 5) is 32.8.